The lowest BCUT2D eigenvalue weighted by molar-refractivity contribution is 0.102. The highest BCUT2D eigenvalue weighted by Crippen LogP contribution is 2.25. The van der Waals surface area contributed by atoms with Crippen molar-refractivity contribution < 1.29 is 13.6 Å². The van der Waals surface area contributed by atoms with Gasteiger partial charge in [0.2, 0.25) is 0 Å². The molecule has 0 saturated heterocycles. The molecule has 33 heavy (non-hydrogen) atoms. The van der Waals surface area contributed by atoms with Crippen molar-refractivity contribution in [2.45, 2.75) is 13.5 Å². The molecule has 0 saturated carbocycles. The Morgan fingerprint density at radius 1 is 1.21 bits per heavy atom. The van der Waals surface area contributed by atoms with Crippen LogP contribution in [0.25, 0.3) is 22.4 Å². The Bertz CT molecular complexity index is 1440. The van der Waals surface area contributed by atoms with E-state index in [2.05, 4.69) is 25.7 Å². The molecule has 0 aliphatic heterocycles. The van der Waals surface area contributed by atoms with Crippen LogP contribution in [-0.2, 0) is 6.54 Å². The molecule has 0 radical (unpaired) electrons. The van der Waals surface area contributed by atoms with Gasteiger partial charge in [0.15, 0.2) is 23.4 Å². The van der Waals surface area contributed by atoms with Gasteiger partial charge in [-0.15, -0.1) is 0 Å². The number of rotatable bonds is 7. The van der Waals surface area contributed by atoms with E-state index in [0.717, 1.165) is 11.1 Å². The molecule has 1 amide bonds. The lowest BCUT2D eigenvalue weighted by Gasteiger charge is -2.04. The molecule has 0 bridgehead atoms. The highest BCUT2D eigenvalue weighted by atomic mass is 35.5. The van der Waals surface area contributed by atoms with E-state index in [-0.39, 0.29) is 11.6 Å². The number of amides is 1. The van der Waals surface area contributed by atoms with Gasteiger partial charge < -0.3 is 19.5 Å². The summed E-state index contributed by atoms with van der Waals surface area (Å²) in [4.78, 5) is 21.2. The maximum absolute atomic E-state index is 12.8. The molecule has 9 nitrogen and oxygen atoms in total. The normalized spacial score (nSPS) is 11.1. The lowest BCUT2D eigenvalue weighted by Crippen LogP contribution is -2.13. The summed E-state index contributed by atoms with van der Waals surface area (Å²) in [5, 5.41) is 10.8. The molecule has 10 heteroatoms. The summed E-state index contributed by atoms with van der Waals surface area (Å²) < 4.78 is 12.8. The first-order valence-corrected chi connectivity index (χ1v) is 10.6. The van der Waals surface area contributed by atoms with E-state index in [1.807, 2.05) is 31.2 Å². The molecular weight excluding hydrogens is 444 g/mol. The number of hydrogen-bond donors (Lipinski definition) is 2. The van der Waals surface area contributed by atoms with Crippen LogP contribution in [0.3, 0.4) is 0 Å². The van der Waals surface area contributed by atoms with Gasteiger partial charge in [-0.1, -0.05) is 35.4 Å². The van der Waals surface area contributed by atoms with Crippen LogP contribution in [-0.4, -0.2) is 32.2 Å². The Balaban J connectivity index is 1.20. The molecular formula is C23H19ClN6O3. The third-order valence-electron chi connectivity index (χ3n) is 4.92. The summed E-state index contributed by atoms with van der Waals surface area (Å²) in [7, 11) is 0. The van der Waals surface area contributed by atoms with Gasteiger partial charge in [0.05, 0.1) is 18.4 Å². The van der Waals surface area contributed by atoms with Crippen LogP contribution in [0, 0.1) is 6.92 Å². The fraction of sp³-hybridized carbons (Fsp3) is 0.130. The first-order valence-electron chi connectivity index (χ1n) is 10.2. The van der Waals surface area contributed by atoms with Gasteiger partial charge in [0.25, 0.3) is 11.9 Å². The Morgan fingerprint density at radius 2 is 2.12 bits per heavy atom. The number of oxazole rings is 2. The van der Waals surface area contributed by atoms with Crippen molar-refractivity contribution in [3.05, 3.63) is 77.5 Å². The zero-order valence-corrected chi connectivity index (χ0v) is 18.3. The summed E-state index contributed by atoms with van der Waals surface area (Å²) in [5.74, 6) is 0.0514. The lowest BCUT2D eigenvalue weighted by atomic mass is 10.1. The second kappa shape index (κ2) is 8.79. The number of hydrogen-bond acceptors (Lipinski definition) is 7. The standard InChI is InChI=1S/C23H19ClN6O3/c1-14-3-2-4-15(9-14)21-20(26-13-32-21)22(31)28-17-11-27-30(12-17)8-7-25-23-29-18-10-16(24)5-6-19(18)33-23/h2-6,9-13H,7-8H2,1H3,(H,25,29)(H,28,31). The predicted octanol–water partition coefficient (Wildman–Crippen LogP) is 5.01. The van der Waals surface area contributed by atoms with Crippen LogP contribution >= 0.6 is 11.6 Å². The maximum Gasteiger partial charge on any atom is 0.295 e. The first-order chi connectivity index (χ1) is 16.0. The number of nitrogens with one attached hydrogen (secondary N) is 2. The molecule has 0 spiro atoms. The van der Waals surface area contributed by atoms with Crippen LogP contribution in [0.5, 0.6) is 0 Å². The largest absolute Gasteiger partial charge is 0.443 e. The van der Waals surface area contributed by atoms with Crippen LogP contribution in [0.15, 0.2) is 70.1 Å². The molecule has 0 fully saturated rings. The molecule has 5 aromatic rings. The second-order valence-electron chi connectivity index (χ2n) is 7.40. The first kappa shape index (κ1) is 20.8. The van der Waals surface area contributed by atoms with Crippen molar-refractivity contribution in [3.63, 3.8) is 0 Å². The number of carbonyl (C=O) groups excluding carboxylic acids is 1. The number of benzene rings is 2. The topological polar surface area (TPSA) is 111 Å². The summed E-state index contributed by atoms with van der Waals surface area (Å²) in [6.45, 7) is 3.03. The predicted molar refractivity (Wildman–Crippen MR) is 124 cm³/mol. The molecule has 0 aliphatic rings. The summed E-state index contributed by atoms with van der Waals surface area (Å²) in [6.07, 6.45) is 4.57. The minimum Gasteiger partial charge on any atom is -0.443 e. The smallest absolute Gasteiger partial charge is 0.295 e. The average molecular weight is 463 g/mol. The Kier molecular flexibility index (Phi) is 5.54. The van der Waals surface area contributed by atoms with E-state index in [1.54, 1.807) is 35.3 Å². The monoisotopic (exact) mass is 462 g/mol. The zero-order valence-electron chi connectivity index (χ0n) is 17.6. The fourth-order valence-electron chi connectivity index (χ4n) is 3.39. The Hall–Kier alpha value is -4.11. The van der Waals surface area contributed by atoms with E-state index < -0.39 is 0 Å². The van der Waals surface area contributed by atoms with Crippen molar-refractivity contribution in [3.8, 4) is 11.3 Å². The molecule has 0 atom stereocenters. The molecule has 5 rings (SSSR count). The summed E-state index contributed by atoms with van der Waals surface area (Å²) >= 11 is 5.98. The average Bonchev–Trinajstić information content (AvgIpc) is 3.53. The highest BCUT2D eigenvalue weighted by molar-refractivity contribution is 6.31. The molecule has 3 heterocycles. The van der Waals surface area contributed by atoms with E-state index in [4.69, 9.17) is 20.4 Å². The number of aryl methyl sites for hydroxylation is 1. The highest BCUT2D eigenvalue weighted by Gasteiger charge is 2.19. The number of carbonyl (C=O) groups is 1. The minimum absolute atomic E-state index is 0.214. The third kappa shape index (κ3) is 4.58. The zero-order chi connectivity index (χ0) is 22.8. The van der Waals surface area contributed by atoms with E-state index in [9.17, 15) is 4.79 Å². The van der Waals surface area contributed by atoms with E-state index in [1.165, 1.54) is 6.39 Å². The van der Waals surface area contributed by atoms with Crippen LogP contribution in [0.2, 0.25) is 5.02 Å². The second-order valence-corrected chi connectivity index (χ2v) is 7.84. The number of nitrogens with zero attached hydrogens (tertiary/aromatic N) is 4. The molecule has 166 valence electrons. The van der Waals surface area contributed by atoms with Gasteiger partial charge in [0, 0.05) is 23.3 Å². The van der Waals surface area contributed by atoms with E-state index >= 15 is 0 Å². The van der Waals surface area contributed by atoms with Crippen molar-refractivity contribution in [2.24, 2.45) is 0 Å². The van der Waals surface area contributed by atoms with Crippen molar-refractivity contribution in [2.75, 3.05) is 17.2 Å². The quantitative estimate of drug-likeness (QED) is 0.350. The minimum atomic E-state index is -0.372. The van der Waals surface area contributed by atoms with Gasteiger partial charge in [-0.2, -0.15) is 10.1 Å². The Labute approximate surface area is 193 Å². The number of fused-ring (bicyclic) bond motifs is 1. The number of halogens is 1. The summed E-state index contributed by atoms with van der Waals surface area (Å²) in [6, 6.07) is 13.4. The van der Waals surface area contributed by atoms with Crippen molar-refractivity contribution in [1.82, 2.24) is 19.7 Å². The summed E-state index contributed by atoms with van der Waals surface area (Å²) in [5.41, 5.74) is 3.96. The maximum atomic E-state index is 12.8. The number of aromatic nitrogens is 4. The van der Waals surface area contributed by atoms with Crippen molar-refractivity contribution >= 4 is 40.3 Å². The number of anilines is 2. The fourth-order valence-corrected chi connectivity index (χ4v) is 3.56. The van der Waals surface area contributed by atoms with Gasteiger partial charge in [-0.3, -0.25) is 9.48 Å². The SMILES string of the molecule is Cc1cccc(-c2ocnc2C(=O)Nc2cnn(CCNc3nc4cc(Cl)ccc4o3)c2)c1. The van der Waals surface area contributed by atoms with Crippen molar-refractivity contribution in [1.29, 1.82) is 0 Å². The Morgan fingerprint density at radius 3 is 3.00 bits per heavy atom. The molecule has 2 aromatic carbocycles. The van der Waals surface area contributed by atoms with Gasteiger partial charge in [-0.25, -0.2) is 4.98 Å². The molecule has 3 aromatic heterocycles. The third-order valence-corrected chi connectivity index (χ3v) is 5.16. The molecule has 0 unspecified atom stereocenters. The van der Waals surface area contributed by atoms with Crippen LogP contribution in [0.1, 0.15) is 16.1 Å². The van der Waals surface area contributed by atoms with Crippen LogP contribution < -0.4 is 10.6 Å². The van der Waals surface area contributed by atoms with E-state index in [0.29, 0.717) is 46.7 Å². The van der Waals surface area contributed by atoms with Gasteiger partial charge in [-0.05, 0) is 31.2 Å². The van der Waals surface area contributed by atoms with Crippen LogP contribution in [0.4, 0.5) is 11.7 Å². The van der Waals surface area contributed by atoms with Gasteiger partial charge in [0.1, 0.15) is 5.52 Å². The molecule has 2 N–H and O–H groups in total. The molecule has 0 aliphatic carbocycles. The van der Waals surface area contributed by atoms with Gasteiger partial charge >= 0.3 is 0 Å².